The maximum atomic E-state index is 8.82. The summed E-state index contributed by atoms with van der Waals surface area (Å²) in [4.78, 5) is 6.23. The van der Waals surface area contributed by atoms with Crippen molar-refractivity contribution in [2.24, 2.45) is 0 Å². The molecule has 0 bridgehead atoms. The molecule has 3 nitrogen and oxygen atoms in total. The molecule has 0 saturated heterocycles. The average Bonchev–Trinajstić information content (AvgIpc) is 2.41. The molecule has 0 aliphatic rings. The Morgan fingerprint density at radius 2 is 1.94 bits per heavy atom. The molecule has 2 rings (SSSR count). The van der Waals surface area contributed by atoms with Gasteiger partial charge in [0.25, 0.3) is 0 Å². The van der Waals surface area contributed by atoms with Crippen LogP contribution in [-0.2, 0) is 6.54 Å². The third-order valence-electron chi connectivity index (χ3n) is 2.57. The molecule has 0 radical (unpaired) electrons. The lowest BCUT2D eigenvalue weighted by atomic mass is 10.2. The number of hydrogen-bond donors (Lipinski definition) is 0. The standard InChI is InChI=1S/C14H12ClN3/c1-18(10-11-5-7-12(15)8-6-11)14-4-2-3-13(9-16)17-14/h2-8H,10H2,1H3. The van der Waals surface area contributed by atoms with Crippen LogP contribution in [0.3, 0.4) is 0 Å². The molecule has 18 heavy (non-hydrogen) atoms. The normalized spacial score (nSPS) is 9.83. The summed E-state index contributed by atoms with van der Waals surface area (Å²) in [6.45, 7) is 0.721. The van der Waals surface area contributed by atoms with Crippen LogP contribution in [-0.4, -0.2) is 12.0 Å². The number of hydrogen-bond acceptors (Lipinski definition) is 3. The summed E-state index contributed by atoms with van der Waals surface area (Å²) in [5.41, 5.74) is 1.57. The lowest BCUT2D eigenvalue weighted by Crippen LogP contribution is -2.17. The van der Waals surface area contributed by atoms with E-state index in [0.29, 0.717) is 5.69 Å². The van der Waals surface area contributed by atoms with Gasteiger partial charge in [0.1, 0.15) is 17.6 Å². The van der Waals surface area contributed by atoms with Crippen LogP contribution >= 0.6 is 11.6 Å². The molecule has 4 heteroatoms. The third kappa shape index (κ3) is 2.99. The minimum atomic E-state index is 0.426. The molecule has 1 aromatic carbocycles. The van der Waals surface area contributed by atoms with E-state index in [4.69, 9.17) is 16.9 Å². The molecule has 2 aromatic rings. The highest BCUT2D eigenvalue weighted by Crippen LogP contribution is 2.15. The smallest absolute Gasteiger partial charge is 0.142 e. The van der Waals surface area contributed by atoms with Crippen LogP contribution in [0.5, 0.6) is 0 Å². The molecule has 0 saturated carbocycles. The first kappa shape index (κ1) is 12.4. The zero-order valence-electron chi connectivity index (χ0n) is 9.97. The van der Waals surface area contributed by atoms with Crippen molar-refractivity contribution in [3.8, 4) is 6.07 Å². The van der Waals surface area contributed by atoms with Crippen molar-refractivity contribution in [3.05, 3.63) is 58.7 Å². The second-order valence-corrected chi connectivity index (χ2v) is 4.41. The Hall–Kier alpha value is -2.05. The highest BCUT2D eigenvalue weighted by molar-refractivity contribution is 6.30. The second-order valence-electron chi connectivity index (χ2n) is 3.98. The maximum Gasteiger partial charge on any atom is 0.142 e. The Bertz CT molecular complexity index is 572. The largest absolute Gasteiger partial charge is 0.355 e. The van der Waals surface area contributed by atoms with Crippen molar-refractivity contribution in [2.45, 2.75) is 6.54 Å². The van der Waals surface area contributed by atoms with E-state index in [2.05, 4.69) is 4.98 Å². The van der Waals surface area contributed by atoms with Crippen LogP contribution < -0.4 is 4.90 Å². The summed E-state index contributed by atoms with van der Waals surface area (Å²) in [7, 11) is 1.94. The van der Waals surface area contributed by atoms with Gasteiger partial charge < -0.3 is 4.90 Å². The molecule has 1 heterocycles. The van der Waals surface area contributed by atoms with Gasteiger partial charge in [0.05, 0.1) is 0 Å². The fourth-order valence-corrected chi connectivity index (χ4v) is 1.77. The highest BCUT2D eigenvalue weighted by atomic mass is 35.5. The molecule has 0 atom stereocenters. The molecule has 0 spiro atoms. The summed E-state index contributed by atoms with van der Waals surface area (Å²) < 4.78 is 0. The van der Waals surface area contributed by atoms with Crippen LogP contribution in [0.25, 0.3) is 0 Å². The molecular formula is C14H12ClN3. The fraction of sp³-hybridized carbons (Fsp3) is 0.143. The highest BCUT2D eigenvalue weighted by Gasteiger charge is 2.04. The van der Waals surface area contributed by atoms with E-state index in [0.717, 1.165) is 22.9 Å². The number of anilines is 1. The van der Waals surface area contributed by atoms with E-state index in [1.807, 2.05) is 54.4 Å². The van der Waals surface area contributed by atoms with Gasteiger partial charge in [0.2, 0.25) is 0 Å². The minimum absolute atomic E-state index is 0.426. The van der Waals surface area contributed by atoms with Gasteiger partial charge in [-0.15, -0.1) is 0 Å². The van der Waals surface area contributed by atoms with E-state index in [1.54, 1.807) is 6.07 Å². The topological polar surface area (TPSA) is 39.9 Å². The Balaban J connectivity index is 2.14. The lowest BCUT2D eigenvalue weighted by Gasteiger charge is -2.18. The maximum absolute atomic E-state index is 8.82. The number of pyridine rings is 1. The van der Waals surface area contributed by atoms with E-state index < -0.39 is 0 Å². The summed E-state index contributed by atoms with van der Waals surface area (Å²) >= 11 is 5.84. The van der Waals surface area contributed by atoms with Crippen LogP contribution in [0, 0.1) is 11.3 Å². The van der Waals surface area contributed by atoms with Crippen molar-refractivity contribution in [1.82, 2.24) is 4.98 Å². The van der Waals surface area contributed by atoms with E-state index in [9.17, 15) is 0 Å². The van der Waals surface area contributed by atoms with Crippen LogP contribution in [0.1, 0.15) is 11.3 Å². The van der Waals surface area contributed by atoms with Crippen LogP contribution in [0.15, 0.2) is 42.5 Å². The van der Waals surface area contributed by atoms with E-state index in [-0.39, 0.29) is 0 Å². The summed E-state index contributed by atoms with van der Waals surface area (Å²) in [6.07, 6.45) is 0. The van der Waals surface area contributed by atoms with Crippen LogP contribution in [0.4, 0.5) is 5.82 Å². The number of rotatable bonds is 3. The van der Waals surface area contributed by atoms with Crippen molar-refractivity contribution in [3.63, 3.8) is 0 Å². The first-order valence-electron chi connectivity index (χ1n) is 5.52. The quantitative estimate of drug-likeness (QED) is 0.847. The Morgan fingerprint density at radius 1 is 1.22 bits per heavy atom. The monoisotopic (exact) mass is 257 g/mol. The molecule has 0 aliphatic carbocycles. The van der Waals surface area contributed by atoms with Gasteiger partial charge in [-0.2, -0.15) is 5.26 Å². The first-order valence-corrected chi connectivity index (χ1v) is 5.89. The number of nitriles is 1. The molecule has 1 aromatic heterocycles. The molecule has 0 amide bonds. The Labute approximate surface area is 111 Å². The van der Waals surface area contributed by atoms with Gasteiger partial charge in [-0.25, -0.2) is 4.98 Å². The molecule has 0 fully saturated rings. The van der Waals surface area contributed by atoms with Gasteiger partial charge in [0.15, 0.2) is 0 Å². The number of benzene rings is 1. The predicted octanol–water partition coefficient (Wildman–Crippen LogP) is 3.24. The van der Waals surface area contributed by atoms with Crippen molar-refractivity contribution >= 4 is 17.4 Å². The molecule has 0 N–H and O–H groups in total. The van der Waals surface area contributed by atoms with Crippen molar-refractivity contribution in [2.75, 3.05) is 11.9 Å². The second kappa shape index (κ2) is 5.52. The molecular weight excluding hydrogens is 246 g/mol. The number of aromatic nitrogens is 1. The van der Waals surface area contributed by atoms with Gasteiger partial charge in [0, 0.05) is 18.6 Å². The SMILES string of the molecule is CN(Cc1ccc(Cl)cc1)c1cccc(C#N)n1. The molecule has 90 valence electrons. The first-order chi connectivity index (χ1) is 8.69. The van der Waals surface area contributed by atoms with Crippen molar-refractivity contribution in [1.29, 1.82) is 5.26 Å². The predicted molar refractivity (Wildman–Crippen MR) is 72.5 cm³/mol. The van der Waals surface area contributed by atoms with Crippen LogP contribution in [0.2, 0.25) is 5.02 Å². The average molecular weight is 258 g/mol. The third-order valence-corrected chi connectivity index (χ3v) is 2.83. The van der Waals surface area contributed by atoms with Gasteiger partial charge >= 0.3 is 0 Å². The minimum Gasteiger partial charge on any atom is -0.355 e. The zero-order chi connectivity index (χ0) is 13.0. The van der Waals surface area contributed by atoms with Gasteiger partial charge in [-0.3, -0.25) is 0 Å². The zero-order valence-corrected chi connectivity index (χ0v) is 10.7. The number of nitrogens with zero attached hydrogens (tertiary/aromatic N) is 3. The van der Waals surface area contributed by atoms with Crippen molar-refractivity contribution < 1.29 is 0 Å². The number of halogens is 1. The van der Waals surface area contributed by atoms with Gasteiger partial charge in [-0.05, 0) is 29.8 Å². The van der Waals surface area contributed by atoms with E-state index in [1.165, 1.54) is 0 Å². The fourth-order valence-electron chi connectivity index (χ4n) is 1.64. The summed E-state index contributed by atoms with van der Waals surface area (Å²) in [5.74, 6) is 0.781. The Morgan fingerprint density at radius 3 is 2.61 bits per heavy atom. The van der Waals surface area contributed by atoms with Gasteiger partial charge in [-0.1, -0.05) is 29.8 Å². The Kier molecular flexibility index (Phi) is 3.81. The lowest BCUT2D eigenvalue weighted by molar-refractivity contribution is 0.896. The molecule has 0 unspecified atom stereocenters. The summed E-state index contributed by atoms with van der Waals surface area (Å²) in [6, 6.07) is 15.1. The molecule has 0 aliphatic heterocycles. The summed E-state index contributed by atoms with van der Waals surface area (Å²) in [5, 5.41) is 9.55. The van der Waals surface area contributed by atoms with E-state index >= 15 is 0 Å².